The average molecular weight is 361 g/mol. The number of benzene rings is 2. The monoisotopic (exact) mass is 360 g/mol. The van der Waals surface area contributed by atoms with Crippen LogP contribution >= 0.6 is 11.6 Å². The van der Waals surface area contributed by atoms with Crippen LogP contribution in [0.3, 0.4) is 0 Å². The van der Waals surface area contributed by atoms with E-state index in [9.17, 15) is 9.59 Å². The maximum absolute atomic E-state index is 12.1. The Hall–Kier alpha value is -2.53. The fraction of sp³-hybridized carbons (Fsp3) is 0.263. The molecule has 0 aromatic heterocycles. The number of rotatable bonds is 7. The molecule has 2 N–H and O–H groups in total. The van der Waals surface area contributed by atoms with Crippen molar-refractivity contribution >= 4 is 29.1 Å². The van der Waals surface area contributed by atoms with Crippen molar-refractivity contribution in [3.05, 3.63) is 58.6 Å². The summed E-state index contributed by atoms with van der Waals surface area (Å²) in [5.41, 5.74) is 1.98. The van der Waals surface area contributed by atoms with Gasteiger partial charge in [0, 0.05) is 18.7 Å². The second kappa shape index (κ2) is 9.08. The lowest BCUT2D eigenvalue weighted by atomic mass is 10.1. The van der Waals surface area contributed by atoms with Gasteiger partial charge in [-0.2, -0.15) is 0 Å². The fourth-order valence-corrected chi connectivity index (χ4v) is 2.61. The molecule has 0 heterocycles. The van der Waals surface area contributed by atoms with E-state index >= 15 is 0 Å². The van der Waals surface area contributed by atoms with Gasteiger partial charge in [-0.1, -0.05) is 23.7 Å². The molecule has 2 amide bonds. The number of amides is 2. The van der Waals surface area contributed by atoms with Crippen molar-refractivity contribution in [1.82, 2.24) is 5.32 Å². The van der Waals surface area contributed by atoms with Gasteiger partial charge in [-0.05, 0) is 49.2 Å². The largest absolute Gasteiger partial charge is 0.497 e. The molecule has 0 aliphatic heterocycles. The summed E-state index contributed by atoms with van der Waals surface area (Å²) in [6.07, 6.45) is 0.941. The first-order valence-electron chi connectivity index (χ1n) is 8.04. The minimum atomic E-state index is -0.233. The van der Waals surface area contributed by atoms with E-state index in [1.54, 1.807) is 25.3 Å². The number of anilines is 1. The number of methoxy groups -OCH3 is 1. The third kappa shape index (κ3) is 5.50. The number of carbonyl (C=O) groups is 2. The van der Waals surface area contributed by atoms with E-state index in [1.165, 1.54) is 0 Å². The summed E-state index contributed by atoms with van der Waals surface area (Å²) in [7, 11) is 1.61. The quantitative estimate of drug-likeness (QED) is 0.791. The topological polar surface area (TPSA) is 67.4 Å². The van der Waals surface area contributed by atoms with E-state index in [1.807, 2.05) is 31.2 Å². The first-order chi connectivity index (χ1) is 12.0. The minimum Gasteiger partial charge on any atom is -0.497 e. The van der Waals surface area contributed by atoms with Crippen molar-refractivity contribution in [2.24, 2.45) is 0 Å². The van der Waals surface area contributed by atoms with Gasteiger partial charge >= 0.3 is 0 Å². The van der Waals surface area contributed by atoms with Gasteiger partial charge in [0.15, 0.2) is 0 Å². The summed E-state index contributed by atoms with van der Waals surface area (Å²) in [4.78, 5) is 23.9. The number of halogens is 1. The number of ether oxygens (including phenoxy) is 1. The Kier molecular flexibility index (Phi) is 6.83. The highest BCUT2D eigenvalue weighted by atomic mass is 35.5. The SMILES string of the molecule is CCNC(=O)c1ccc(NC(=O)CCc2cccc(OC)c2)cc1Cl. The van der Waals surface area contributed by atoms with Crippen molar-refractivity contribution < 1.29 is 14.3 Å². The Balaban J connectivity index is 1.94. The van der Waals surface area contributed by atoms with Crippen LogP contribution in [0.25, 0.3) is 0 Å². The maximum Gasteiger partial charge on any atom is 0.252 e. The van der Waals surface area contributed by atoms with Crippen LogP contribution in [0.15, 0.2) is 42.5 Å². The number of aryl methyl sites for hydroxylation is 1. The third-order valence-corrected chi connectivity index (χ3v) is 3.92. The molecule has 0 saturated carbocycles. The molecule has 0 atom stereocenters. The molecule has 2 aromatic carbocycles. The summed E-state index contributed by atoms with van der Waals surface area (Å²) >= 11 is 6.12. The van der Waals surface area contributed by atoms with E-state index in [2.05, 4.69) is 10.6 Å². The van der Waals surface area contributed by atoms with Crippen molar-refractivity contribution in [1.29, 1.82) is 0 Å². The van der Waals surface area contributed by atoms with Crippen LogP contribution in [-0.4, -0.2) is 25.5 Å². The summed E-state index contributed by atoms with van der Waals surface area (Å²) in [5.74, 6) is 0.415. The van der Waals surface area contributed by atoms with Crippen molar-refractivity contribution in [3.8, 4) is 5.75 Å². The molecular formula is C19H21ClN2O3. The molecule has 0 radical (unpaired) electrons. The Morgan fingerprint density at radius 1 is 1.16 bits per heavy atom. The Morgan fingerprint density at radius 3 is 2.64 bits per heavy atom. The third-order valence-electron chi connectivity index (χ3n) is 3.61. The lowest BCUT2D eigenvalue weighted by molar-refractivity contribution is -0.116. The van der Waals surface area contributed by atoms with Crippen molar-refractivity contribution in [2.45, 2.75) is 19.8 Å². The summed E-state index contributed by atoms with van der Waals surface area (Å²) in [6, 6.07) is 12.5. The Labute approximate surface area is 152 Å². The fourth-order valence-electron chi connectivity index (χ4n) is 2.34. The van der Waals surface area contributed by atoms with E-state index in [0.29, 0.717) is 35.7 Å². The van der Waals surface area contributed by atoms with Gasteiger partial charge in [-0.3, -0.25) is 9.59 Å². The molecule has 2 rings (SSSR count). The molecule has 5 nitrogen and oxygen atoms in total. The highest BCUT2D eigenvalue weighted by Gasteiger charge is 2.11. The molecule has 0 aliphatic carbocycles. The van der Waals surface area contributed by atoms with Crippen molar-refractivity contribution in [3.63, 3.8) is 0 Å². The number of hydrogen-bond donors (Lipinski definition) is 2. The van der Waals surface area contributed by atoms with Crippen LogP contribution in [0, 0.1) is 0 Å². The molecule has 0 spiro atoms. The number of hydrogen-bond acceptors (Lipinski definition) is 3. The van der Waals surface area contributed by atoms with E-state index in [0.717, 1.165) is 11.3 Å². The zero-order chi connectivity index (χ0) is 18.2. The van der Waals surface area contributed by atoms with Gasteiger partial charge in [-0.15, -0.1) is 0 Å². The Morgan fingerprint density at radius 2 is 1.96 bits per heavy atom. The lowest BCUT2D eigenvalue weighted by Crippen LogP contribution is -2.23. The summed E-state index contributed by atoms with van der Waals surface area (Å²) in [5, 5.41) is 5.79. The van der Waals surface area contributed by atoms with Crippen LogP contribution < -0.4 is 15.4 Å². The first-order valence-corrected chi connectivity index (χ1v) is 8.41. The second-order valence-corrected chi connectivity index (χ2v) is 5.86. The van der Waals surface area contributed by atoms with Crippen LogP contribution in [0.2, 0.25) is 5.02 Å². The normalized spacial score (nSPS) is 10.2. The van der Waals surface area contributed by atoms with Gasteiger partial charge in [-0.25, -0.2) is 0 Å². The second-order valence-electron chi connectivity index (χ2n) is 5.45. The number of carbonyl (C=O) groups excluding carboxylic acids is 2. The maximum atomic E-state index is 12.1. The lowest BCUT2D eigenvalue weighted by Gasteiger charge is -2.09. The van der Waals surface area contributed by atoms with Crippen LogP contribution in [0.4, 0.5) is 5.69 Å². The summed E-state index contributed by atoms with van der Waals surface area (Å²) in [6.45, 7) is 2.36. The molecular weight excluding hydrogens is 340 g/mol. The molecule has 6 heteroatoms. The van der Waals surface area contributed by atoms with Gasteiger partial charge < -0.3 is 15.4 Å². The molecule has 0 saturated heterocycles. The van der Waals surface area contributed by atoms with E-state index in [4.69, 9.17) is 16.3 Å². The van der Waals surface area contributed by atoms with Crippen LogP contribution in [0.1, 0.15) is 29.3 Å². The summed E-state index contributed by atoms with van der Waals surface area (Å²) < 4.78 is 5.17. The highest BCUT2D eigenvalue weighted by Crippen LogP contribution is 2.21. The predicted molar refractivity (Wildman–Crippen MR) is 99.4 cm³/mol. The molecule has 0 unspecified atom stereocenters. The van der Waals surface area contributed by atoms with Gasteiger partial charge in [0.05, 0.1) is 17.7 Å². The highest BCUT2D eigenvalue weighted by molar-refractivity contribution is 6.34. The number of nitrogens with one attached hydrogen (secondary N) is 2. The first kappa shape index (κ1) is 18.8. The standard InChI is InChI=1S/C19H21ClN2O3/c1-3-21-19(24)16-9-8-14(12-17(16)20)22-18(23)10-7-13-5-4-6-15(11-13)25-2/h4-6,8-9,11-12H,3,7,10H2,1-2H3,(H,21,24)(H,22,23). The molecule has 2 aromatic rings. The van der Waals surface area contributed by atoms with Crippen molar-refractivity contribution in [2.75, 3.05) is 19.0 Å². The molecule has 0 bridgehead atoms. The molecule has 132 valence electrons. The smallest absolute Gasteiger partial charge is 0.252 e. The zero-order valence-electron chi connectivity index (χ0n) is 14.3. The van der Waals surface area contributed by atoms with Gasteiger partial charge in [0.25, 0.3) is 5.91 Å². The zero-order valence-corrected chi connectivity index (χ0v) is 15.0. The van der Waals surface area contributed by atoms with Gasteiger partial charge in [0.1, 0.15) is 5.75 Å². The van der Waals surface area contributed by atoms with E-state index < -0.39 is 0 Å². The van der Waals surface area contributed by atoms with Crippen LogP contribution in [0.5, 0.6) is 5.75 Å². The van der Waals surface area contributed by atoms with Crippen LogP contribution in [-0.2, 0) is 11.2 Å². The van der Waals surface area contributed by atoms with Gasteiger partial charge in [0.2, 0.25) is 5.91 Å². The molecule has 0 aliphatic rings. The average Bonchev–Trinajstić information content (AvgIpc) is 2.60. The Bertz CT molecular complexity index is 762. The molecule has 25 heavy (non-hydrogen) atoms. The minimum absolute atomic E-state index is 0.121. The van der Waals surface area contributed by atoms with E-state index in [-0.39, 0.29) is 11.8 Å². The predicted octanol–water partition coefficient (Wildman–Crippen LogP) is 3.67. The molecule has 0 fully saturated rings.